The SMILES string of the molecule is O=C(O)CCSS[C@H]1CCCC[C@@H]1OC(=O)Nc1ccc(CO)cc1. The number of ether oxygens (including phenoxy) is 1. The summed E-state index contributed by atoms with van der Waals surface area (Å²) in [6, 6.07) is 6.94. The standard InChI is InChI=1S/C17H23NO5S2/c19-11-12-5-7-13(8-6-12)18-17(22)23-14-3-1-2-4-15(14)25-24-10-9-16(20)21/h5-8,14-15,19H,1-4,9-11H2,(H,18,22)(H,20,21)/t14-,15-/m0/s1. The van der Waals surface area contributed by atoms with Gasteiger partial charge in [0.25, 0.3) is 0 Å². The first-order valence-electron chi connectivity index (χ1n) is 8.26. The average molecular weight is 386 g/mol. The first kappa shape index (κ1) is 19.9. The average Bonchev–Trinajstić information content (AvgIpc) is 2.60. The van der Waals surface area contributed by atoms with Gasteiger partial charge in [0.2, 0.25) is 0 Å². The molecule has 1 aromatic rings. The molecule has 0 spiro atoms. The lowest BCUT2D eigenvalue weighted by Gasteiger charge is -2.30. The van der Waals surface area contributed by atoms with Gasteiger partial charge < -0.3 is 14.9 Å². The lowest BCUT2D eigenvalue weighted by Crippen LogP contribution is -2.33. The van der Waals surface area contributed by atoms with Crippen molar-refractivity contribution in [1.29, 1.82) is 0 Å². The zero-order valence-corrected chi connectivity index (χ0v) is 15.5. The Balaban J connectivity index is 1.80. The molecule has 2 rings (SSSR count). The van der Waals surface area contributed by atoms with E-state index in [1.165, 1.54) is 10.8 Å². The van der Waals surface area contributed by atoms with Crippen LogP contribution in [-0.2, 0) is 16.1 Å². The number of benzene rings is 1. The van der Waals surface area contributed by atoms with Crippen molar-refractivity contribution in [1.82, 2.24) is 0 Å². The topological polar surface area (TPSA) is 95.9 Å². The molecule has 0 unspecified atom stereocenters. The maximum atomic E-state index is 12.1. The van der Waals surface area contributed by atoms with Crippen LogP contribution in [0.1, 0.15) is 37.7 Å². The van der Waals surface area contributed by atoms with Crippen LogP contribution in [0.25, 0.3) is 0 Å². The van der Waals surface area contributed by atoms with Gasteiger partial charge in [0.15, 0.2) is 0 Å². The number of anilines is 1. The van der Waals surface area contributed by atoms with Crippen LogP contribution in [0, 0.1) is 0 Å². The second-order valence-electron chi connectivity index (χ2n) is 5.81. The predicted octanol–water partition coefficient (Wildman–Crippen LogP) is 3.89. The molecule has 0 bridgehead atoms. The third-order valence-corrected chi connectivity index (χ3v) is 6.82. The molecular weight excluding hydrogens is 362 g/mol. The van der Waals surface area contributed by atoms with Crippen molar-refractivity contribution in [2.24, 2.45) is 0 Å². The molecule has 0 saturated heterocycles. The zero-order chi connectivity index (χ0) is 18.1. The van der Waals surface area contributed by atoms with Gasteiger partial charge in [0, 0.05) is 11.4 Å². The van der Waals surface area contributed by atoms with Crippen LogP contribution >= 0.6 is 21.6 Å². The van der Waals surface area contributed by atoms with Gasteiger partial charge in [-0.1, -0.05) is 40.1 Å². The van der Waals surface area contributed by atoms with E-state index in [9.17, 15) is 9.59 Å². The molecule has 1 aliphatic rings. The van der Waals surface area contributed by atoms with Crippen molar-refractivity contribution in [3.63, 3.8) is 0 Å². The number of nitrogens with one attached hydrogen (secondary N) is 1. The number of hydrogen-bond acceptors (Lipinski definition) is 6. The zero-order valence-electron chi connectivity index (χ0n) is 13.8. The summed E-state index contributed by atoms with van der Waals surface area (Å²) in [7, 11) is 3.15. The number of rotatable bonds is 8. The van der Waals surface area contributed by atoms with Crippen LogP contribution in [0.2, 0.25) is 0 Å². The number of hydrogen-bond donors (Lipinski definition) is 3. The molecule has 3 N–H and O–H groups in total. The monoisotopic (exact) mass is 385 g/mol. The number of amides is 1. The maximum absolute atomic E-state index is 12.1. The summed E-state index contributed by atoms with van der Waals surface area (Å²) in [4.78, 5) is 22.7. The summed E-state index contributed by atoms with van der Waals surface area (Å²) in [5.41, 5.74) is 1.40. The minimum atomic E-state index is -0.795. The van der Waals surface area contributed by atoms with Crippen LogP contribution in [0.15, 0.2) is 24.3 Å². The summed E-state index contributed by atoms with van der Waals surface area (Å²) >= 11 is 0. The Bertz CT molecular complexity index is 567. The highest BCUT2D eigenvalue weighted by Crippen LogP contribution is 2.38. The van der Waals surface area contributed by atoms with Crippen molar-refractivity contribution in [2.75, 3.05) is 11.1 Å². The fourth-order valence-electron chi connectivity index (χ4n) is 2.55. The van der Waals surface area contributed by atoms with Crippen LogP contribution in [0.4, 0.5) is 10.5 Å². The van der Waals surface area contributed by atoms with Crippen LogP contribution in [0.3, 0.4) is 0 Å². The first-order valence-corrected chi connectivity index (χ1v) is 10.6. The van der Waals surface area contributed by atoms with Crippen molar-refractivity contribution < 1.29 is 24.5 Å². The normalized spacial score (nSPS) is 20.0. The van der Waals surface area contributed by atoms with E-state index >= 15 is 0 Å². The Morgan fingerprint density at radius 3 is 2.60 bits per heavy atom. The molecule has 8 heteroatoms. The Labute approximate surface area is 155 Å². The fraction of sp³-hybridized carbons (Fsp3) is 0.529. The first-order chi connectivity index (χ1) is 12.1. The van der Waals surface area contributed by atoms with Gasteiger partial charge in [-0.15, -0.1) is 0 Å². The molecule has 0 aliphatic heterocycles. The Hall–Kier alpha value is -1.38. The van der Waals surface area contributed by atoms with E-state index in [-0.39, 0.29) is 24.4 Å². The summed E-state index contributed by atoms with van der Waals surface area (Å²) < 4.78 is 5.59. The number of carbonyl (C=O) groups excluding carboxylic acids is 1. The summed E-state index contributed by atoms with van der Waals surface area (Å²) in [6.45, 7) is -0.0365. The Morgan fingerprint density at radius 2 is 1.92 bits per heavy atom. The molecule has 1 saturated carbocycles. The number of carbonyl (C=O) groups is 2. The van der Waals surface area contributed by atoms with E-state index in [2.05, 4.69) is 5.32 Å². The molecule has 1 amide bonds. The van der Waals surface area contributed by atoms with Crippen molar-refractivity contribution in [2.45, 2.75) is 50.1 Å². The van der Waals surface area contributed by atoms with E-state index in [4.69, 9.17) is 14.9 Å². The second-order valence-corrected chi connectivity index (χ2v) is 8.54. The van der Waals surface area contributed by atoms with Gasteiger partial charge in [-0.2, -0.15) is 0 Å². The molecule has 0 aromatic heterocycles. The maximum Gasteiger partial charge on any atom is 0.411 e. The van der Waals surface area contributed by atoms with E-state index in [0.717, 1.165) is 31.2 Å². The predicted molar refractivity (Wildman–Crippen MR) is 101 cm³/mol. The van der Waals surface area contributed by atoms with E-state index < -0.39 is 12.1 Å². The third-order valence-electron chi connectivity index (χ3n) is 3.87. The largest absolute Gasteiger partial charge is 0.481 e. The van der Waals surface area contributed by atoms with E-state index in [1.807, 2.05) is 0 Å². The van der Waals surface area contributed by atoms with Gasteiger partial charge >= 0.3 is 12.1 Å². The lowest BCUT2D eigenvalue weighted by molar-refractivity contribution is -0.136. The highest BCUT2D eigenvalue weighted by atomic mass is 33.1. The van der Waals surface area contributed by atoms with Crippen molar-refractivity contribution in [3.05, 3.63) is 29.8 Å². The van der Waals surface area contributed by atoms with Crippen LogP contribution in [0.5, 0.6) is 0 Å². The van der Waals surface area contributed by atoms with Crippen molar-refractivity contribution >= 4 is 39.3 Å². The molecular formula is C17H23NO5S2. The molecule has 25 heavy (non-hydrogen) atoms. The molecule has 0 radical (unpaired) electrons. The smallest absolute Gasteiger partial charge is 0.411 e. The van der Waals surface area contributed by atoms with Gasteiger partial charge in [0.05, 0.1) is 18.3 Å². The van der Waals surface area contributed by atoms with Gasteiger partial charge in [-0.3, -0.25) is 10.1 Å². The molecule has 1 aromatic carbocycles. The molecule has 6 nitrogen and oxygen atoms in total. The fourth-order valence-corrected chi connectivity index (χ4v) is 5.38. The number of aliphatic hydroxyl groups excluding tert-OH is 1. The Kier molecular flexibility index (Phi) is 8.43. The highest BCUT2D eigenvalue weighted by molar-refractivity contribution is 8.76. The van der Waals surface area contributed by atoms with Crippen molar-refractivity contribution in [3.8, 4) is 0 Å². The highest BCUT2D eigenvalue weighted by Gasteiger charge is 2.29. The number of aliphatic carboxylic acids is 1. The lowest BCUT2D eigenvalue weighted by atomic mass is 9.97. The third kappa shape index (κ3) is 7.17. The molecule has 138 valence electrons. The summed E-state index contributed by atoms with van der Waals surface area (Å²) in [5, 5.41) is 20.6. The summed E-state index contributed by atoms with van der Waals surface area (Å²) in [5.74, 6) is -0.247. The minimum absolute atomic E-state index is 0.0365. The molecule has 1 aliphatic carbocycles. The van der Waals surface area contributed by atoms with Gasteiger partial charge in [-0.25, -0.2) is 4.79 Å². The van der Waals surface area contributed by atoms with Gasteiger partial charge in [-0.05, 0) is 37.0 Å². The van der Waals surface area contributed by atoms with Gasteiger partial charge in [0.1, 0.15) is 6.10 Å². The molecule has 2 atom stereocenters. The Morgan fingerprint density at radius 1 is 1.20 bits per heavy atom. The molecule has 0 heterocycles. The quantitative estimate of drug-likeness (QED) is 0.461. The van der Waals surface area contributed by atoms with Crippen LogP contribution in [-0.4, -0.2) is 39.4 Å². The van der Waals surface area contributed by atoms with E-state index in [0.29, 0.717) is 11.4 Å². The minimum Gasteiger partial charge on any atom is -0.481 e. The summed E-state index contributed by atoms with van der Waals surface area (Å²) in [6.07, 6.45) is 3.42. The number of aliphatic hydroxyl groups is 1. The van der Waals surface area contributed by atoms with Crippen LogP contribution < -0.4 is 5.32 Å². The number of carboxylic acid groups (broad SMARTS) is 1. The number of carboxylic acids is 1. The second kappa shape index (κ2) is 10.6. The van der Waals surface area contributed by atoms with E-state index in [1.54, 1.807) is 35.1 Å². The molecule has 1 fully saturated rings.